The van der Waals surface area contributed by atoms with Crippen LogP contribution in [0.2, 0.25) is 5.02 Å². The summed E-state index contributed by atoms with van der Waals surface area (Å²) in [6.07, 6.45) is 5.14. The maximum atomic E-state index is 12.1. The molecule has 0 atom stereocenters. The fourth-order valence-corrected chi connectivity index (χ4v) is 2.37. The van der Waals surface area contributed by atoms with E-state index < -0.39 is 0 Å². The normalized spacial score (nSPS) is 15.9. The number of nitrogens with one attached hydrogen (secondary N) is 2. The highest BCUT2D eigenvalue weighted by atomic mass is 35.5. The number of rotatable bonds is 3. The van der Waals surface area contributed by atoms with Gasteiger partial charge in [0.2, 0.25) is 0 Å². The molecule has 0 aromatic carbocycles. The van der Waals surface area contributed by atoms with Crippen LogP contribution in [0.4, 0.5) is 5.82 Å². The zero-order valence-corrected chi connectivity index (χ0v) is 12.0. The average Bonchev–Trinajstić information content (AvgIpc) is 3.00. The van der Waals surface area contributed by atoms with Gasteiger partial charge >= 0.3 is 0 Å². The first-order chi connectivity index (χ1) is 10.2. The van der Waals surface area contributed by atoms with E-state index in [1.165, 1.54) is 6.20 Å². The van der Waals surface area contributed by atoms with Crippen LogP contribution in [-0.2, 0) is 0 Å². The number of carbonyl (C=O) groups excluding carboxylic acids is 1. The lowest BCUT2D eigenvalue weighted by Crippen LogP contribution is -2.29. The molecule has 2 aromatic heterocycles. The Morgan fingerprint density at radius 1 is 1.38 bits per heavy atom. The highest BCUT2D eigenvalue weighted by Gasteiger charge is 2.18. The number of anilines is 1. The number of nitrogens with zero attached hydrogens (tertiary/aromatic N) is 4. The lowest BCUT2D eigenvalue weighted by molar-refractivity contribution is 0.102. The van der Waals surface area contributed by atoms with Crippen LogP contribution in [0.25, 0.3) is 0 Å². The van der Waals surface area contributed by atoms with Crippen LogP contribution in [0.5, 0.6) is 0 Å². The summed E-state index contributed by atoms with van der Waals surface area (Å²) in [7, 11) is 0. The first kappa shape index (κ1) is 14.0. The fourth-order valence-electron chi connectivity index (χ4n) is 2.26. The Hall–Kier alpha value is -1.99. The largest absolute Gasteiger partial charge is 0.317 e. The highest BCUT2D eigenvalue weighted by Crippen LogP contribution is 2.17. The Labute approximate surface area is 126 Å². The van der Waals surface area contributed by atoms with Gasteiger partial charge in [0.05, 0.1) is 17.3 Å². The van der Waals surface area contributed by atoms with E-state index in [2.05, 4.69) is 25.9 Å². The molecule has 1 fully saturated rings. The van der Waals surface area contributed by atoms with E-state index in [1.54, 1.807) is 23.0 Å². The standard InChI is InChI=1S/C13H15ClN6O/c14-9-1-2-12(16-7-9)17-13(21)11-8-20(19-18-11)10-3-5-15-6-4-10/h1-2,7-8,10,15H,3-6H2,(H,16,17,21). The molecule has 3 heterocycles. The highest BCUT2D eigenvalue weighted by molar-refractivity contribution is 6.30. The average molecular weight is 307 g/mol. The Bertz CT molecular complexity index is 620. The van der Waals surface area contributed by atoms with Crippen molar-refractivity contribution in [2.24, 2.45) is 0 Å². The Morgan fingerprint density at radius 3 is 2.90 bits per heavy atom. The zero-order valence-electron chi connectivity index (χ0n) is 11.3. The van der Waals surface area contributed by atoms with Crippen molar-refractivity contribution in [3.63, 3.8) is 0 Å². The minimum Gasteiger partial charge on any atom is -0.317 e. The molecule has 110 valence electrons. The van der Waals surface area contributed by atoms with Crippen molar-refractivity contribution in [3.8, 4) is 0 Å². The lowest BCUT2D eigenvalue weighted by atomic mass is 10.1. The van der Waals surface area contributed by atoms with Gasteiger partial charge in [-0.15, -0.1) is 5.10 Å². The smallest absolute Gasteiger partial charge is 0.278 e. The van der Waals surface area contributed by atoms with E-state index in [1.807, 2.05) is 0 Å². The summed E-state index contributed by atoms with van der Waals surface area (Å²) >= 11 is 5.75. The van der Waals surface area contributed by atoms with Gasteiger partial charge in [-0.05, 0) is 38.1 Å². The van der Waals surface area contributed by atoms with Crippen molar-refractivity contribution in [2.45, 2.75) is 18.9 Å². The molecule has 2 aromatic rings. The number of hydrogen-bond acceptors (Lipinski definition) is 5. The van der Waals surface area contributed by atoms with Crippen molar-refractivity contribution in [1.82, 2.24) is 25.3 Å². The molecule has 1 saturated heterocycles. The Balaban J connectivity index is 1.67. The third-order valence-electron chi connectivity index (χ3n) is 3.39. The van der Waals surface area contributed by atoms with Crippen molar-refractivity contribution in [1.29, 1.82) is 0 Å². The molecule has 1 aliphatic heterocycles. The van der Waals surface area contributed by atoms with Crippen molar-refractivity contribution in [2.75, 3.05) is 18.4 Å². The maximum absolute atomic E-state index is 12.1. The third-order valence-corrected chi connectivity index (χ3v) is 3.62. The van der Waals surface area contributed by atoms with Gasteiger partial charge in [0.15, 0.2) is 5.69 Å². The minimum atomic E-state index is -0.329. The number of carbonyl (C=O) groups is 1. The molecule has 7 nitrogen and oxygen atoms in total. The second-order valence-corrected chi connectivity index (χ2v) is 5.32. The number of halogens is 1. The van der Waals surface area contributed by atoms with Gasteiger partial charge in [0, 0.05) is 6.20 Å². The van der Waals surface area contributed by atoms with E-state index in [4.69, 9.17) is 11.6 Å². The SMILES string of the molecule is O=C(Nc1ccc(Cl)cn1)c1cn(C2CCNCC2)nn1. The van der Waals surface area contributed by atoms with Crippen molar-refractivity contribution in [3.05, 3.63) is 35.2 Å². The van der Waals surface area contributed by atoms with Gasteiger partial charge < -0.3 is 10.6 Å². The summed E-state index contributed by atoms with van der Waals surface area (Å²) in [5.41, 5.74) is 0.283. The predicted molar refractivity (Wildman–Crippen MR) is 78.4 cm³/mol. The Kier molecular flexibility index (Phi) is 4.12. The second kappa shape index (κ2) is 6.19. The second-order valence-electron chi connectivity index (χ2n) is 4.88. The third kappa shape index (κ3) is 3.37. The number of aromatic nitrogens is 4. The van der Waals surface area contributed by atoms with E-state index in [0.717, 1.165) is 25.9 Å². The summed E-state index contributed by atoms with van der Waals surface area (Å²) in [5, 5.41) is 14.5. The van der Waals surface area contributed by atoms with E-state index >= 15 is 0 Å². The van der Waals surface area contributed by atoms with Crippen LogP contribution in [0, 0.1) is 0 Å². The fraction of sp³-hybridized carbons (Fsp3) is 0.385. The molecular formula is C13H15ClN6O. The van der Waals surface area contributed by atoms with Gasteiger partial charge in [-0.3, -0.25) is 4.79 Å². The predicted octanol–water partition coefficient (Wildman–Crippen LogP) is 1.50. The number of hydrogen-bond donors (Lipinski definition) is 2. The van der Waals surface area contributed by atoms with E-state index in [-0.39, 0.29) is 11.6 Å². The molecule has 0 bridgehead atoms. The molecule has 1 aliphatic rings. The quantitative estimate of drug-likeness (QED) is 0.898. The van der Waals surface area contributed by atoms with Crippen LogP contribution in [-0.4, -0.2) is 39.0 Å². The van der Waals surface area contributed by atoms with Gasteiger partial charge in [0.1, 0.15) is 5.82 Å². The maximum Gasteiger partial charge on any atom is 0.278 e. The van der Waals surface area contributed by atoms with Crippen LogP contribution in [0.1, 0.15) is 29.4 Å². The van der Waals surface area contributed by atoms with Gasteiger partial charge in [0.25, 0.3) is 5.91 Å². The molecule has 0 saturated carbocycles. The van der Waals surface area contributed by atoms with E-state index in [9.17, 15) is 4.79 Å². The van der Waals surface area contributed by atoms with Crippen LogP contribution >= 0.6 is 11.6 Å². The summed E-state index contributed by atoms with van der Waals surface area (Å²) in [6.45, 7) is 1.92. The summed E-state index contributed by atoms with van der Waals surface area (Å²) in [6, 6.07) is 3.60. The molecule has 3 rings (SSSR count). The van der Waals surface area contributed by atoms with Gasteiger partial charge in [-0.2, -0.15) is 0 Å². The molecule has 0 aliphatic carbocycles. The number of amides is 1. The first-order valence-corrected chi connectivity index (χ1v) is 7.15. The number of pyridine rings is 1. The molecule has 0 spiro atoms. The van der Waals surface area contributed by atoms with Crippen molar-refractivity contribution >= 4 is 23.3 Å². The first-order valence-electron chi connectivity index (χ1n) is 6.78. The summed E-state index contributed by atoms with van der Waals surface area (Å²) < 4.78 is 1.77. The van der Waals surface area contributed by atoms with Crippen LogP contribution < -0.4 is 10.6 Å². The summed E-state index contributed by atoms with van der Waals surface area (Å²) in [5.74, 6) is 0.103. The molecule has 2 N–H and O–H groups in total. The molecule has 8 heteroatoms. The topological polar surface area (TPSA) is 84.7 Å². The zero-order chi connectivity index (χ0) is 14.7. The molecule has 1 amide bonds. The molecule has 21 heavy (non-hydrogen) atoms. The van der Waals surface area contributed by atoms with Gasteiger partial charge in [-0.1, -0.05) is 16.8 Å². The molecule has 0 radical (unpaired) electrons. The Morgan fingerprint density at radius 2 is 2.19 bits per heavy atom. The van der Waals surface area contributed by atoms with Crippen LogP contribution in [0.15, 0.2) is 24.5 Å². The summed E-state index contributed by atoms with van der Waals surface area (Å²) in [4.78, 5) is 16.1. The van der Waals surface area contributed by atoms with Crippen LogP contribution in [0.3, 0.4) is 0 Å². The number of piperidine rings is 1. The molecular weight excluding hydrogens is 292 g/mol. The van der Waals surface area contributed by atoms with E-state index in [0.29, 0.717) is 16.9 Å². The monoisotopic (exact) mass is 306 g/mol. The van der Waals surface area contributed by atoms with Gasteiger partial charge in [-0.25, -0.2) is 9.67 Å². The molecule has 0 unspecified atom stereocenters. The minimum absolute atomic E-state index is 0.283. The van der Waals surface area contributed by atoms with Crippen molar-refractivity contribution < 1.29 is 4.79 Å². The lowest BCUT2D eigenvalue weighted by Gasteiger charge is -2.22.